The van der Waals surface area contributed by atoms with Crippen molar-refractivity contribution in [2.24, 2.45) is 11.5 Å². The molecule has 1 rings (SSSR count). The first-order valence-electron chi connectivity index (χ1n) is 5.84. The molecule has 22 heavy (non-hydrogen) atoms. The molecule has 0 saturated carbocycles. The van der Waals surface area contributed by atoms with Gasteiger partial charge in [-0.3, -0.25) is 14.8 Å². The van der Waals surface area contributed by atoms with Crippen molar-refractivity contribution in [3.05, 3.63) is 45.7 Å². The molecule has 0 saturated heterocycles. The number of nitro groups is 1. The van der Waals surface area contributed by atoms with Gasteiger partial charge in [-0.05, 0) is 13.0 Å². The Morgan fingerprint density at radius 3 is 2.55 bits per heavy atom. The van der Waals surface area contributed by atoms with Gasteiger partial charge in [0.05, 0.1) is 18.1 Å². The van der Waals surface area contributed by atoms with Gasteiger partial charge in [0.1, 0.15) is 18.1 Å². The van der Waals surface area contributed by atoms with E-state index in [4.69, 9.17) is 16.2 Å². The molecule has 1 heterocycles. The van der Waals surface area contributed by atoms with Crippen molar-refractivity contribution < 1.29 is 22.8 Å². The summed E-state index contributed by atoms with van der Waals surface area (Å²) in [5.41, 5.74) is 8.69. The van der Waals surface area contributed by atoms with E-state index in [1.54, 1.807) is 0 Å². The maximum Gasteiger partial charge on any atom is 0.430 e. The van der Waals surface area contributed by atoms with Crippen LogP contribution < -0.4 is 11.5 Å². The molecule has 1 unspecified atom stereocenters. The molecule has 0 amide bonds. The zero-order valence-corrected chi connectivity index (χ0v) is 11.7. The Balaban J connectivity index is 3.26. The van der Waals surface area contributed by atoms with Gasteiger partial charge in [0.2, 0.25) is 0 Å². The Hall–Kier alpha value is -2.72. The van der Waals surface area contributed by atoms with Crippen molar-refractivity contribution in [1.82, 2.24) is 9.78 Å². The van der Waals surface area contributed by atoms with E-state index in [2.05, 4.69) is 5.10 Å². The summed E-state index contributed by atoms with van der Waals surface area (Å²) in [7, 11) is 1.17. The quantitative estimate of drug-likeness (QED) is 0.367. The molecule has 8 nitrogen and oxygen atoms in total. The largest absolute Gasteiger partial charge is 0.482 e. The summed E-state index contributed by atoms with van der Waals surface area (Å²) in [5.74, 6) is -0.308. The highest BCUT2D eigenvalue weighted by Crippen LogP contribution is 2.27. The van der Waals surface area contributed by atoms with E-state index in [0.717, 1.165) is 17.1 Å². The number of hydrogen-bond donors (Lipinski definition) is 2. The first-order chi connectivity index (χ1) is 10.1. The average Bonchev–Trinajstić information content (AvgIpc) is 2.91. The number of halogens is 3. The lowest BCUT2D eigenvalue weighted by Gasteiger charge is -2.17. The van der Waals surface area contributed by atoms with Crippen LogP contribution in [-0.2, 0) is 4.74 Å². The summed E-state index contributed by atoms with van der Waals surface area (Å²) in [6.07, 6.45) is -2.11. The molecule has 0 radical (unpaired) electrons. The average molecular weight is 321 g/mol. The molecule has 0 aliphatic heterocycles. The number of nitrogens with two attached hydrogens (primary N) is 2. The van der Waals surface area contributed by atoms with E-state index < -0.39 is 22.8 Å². The van der Waals surface area contributed by atoms with Gasteiger partial charge in [-0.15, -0.1) is 0 Å². The highest BCUT2D eigenvalue weighted by molar-refractivity contribution is 5.31. The standard InChI is InChI=1S/C11H14F3N5O3/c1-6(18-5-7(4-17-18)19(20)21)8(10(16)22-2)3-9(15)11(12,13)14/h3-6H,15-16H2,1-2H3/b9-3-,10-8-. The molecule has 0 aromatic carbocycles. The van der Waals surface area contributed by atoms with Crippen molar-refractivity contribution in [3.8, 4) is 0 Å². The molecular weight excluding hydrogens is 307 g/mol. The first kappa shape index (κ1) is 17.3. The van der Waals surface area contributed by atoms with Crippen LogP contribution in [0, 0.1) is 10.1 Å². The van der Waals surface area contributed by atoms with E-state index in [9.17, 15) is 23.3 Å². The van der Waals surface area contributed by atoms with Crippen LogP contribution in [0.1, 0.15) is 13.0 Å². The summed E-state index contributed by atoms with van der Waals surface area (Å²) in [6, 6.07) is -0.866. The molecule has 0 bridgehead atoms. The van der Waals surface area contributed by atoms with E-state index in [1.807, 2.05) is 0 Å². The molecule has 0 aliphatic rings. The smallest absolute Gasteiger partial charge is 0.430 e. The Bertz CT molecular complexity index is 621. The second-order valence-electron chi connectivity index (χ2n) is 4.23. The van der Waals surface area contributed by atoms with E-state index >= 15 is 0 Å². The molecule has 0 aliphatic carbocycles. The van der Waals surface area contributed by atoms with Crippen molar-refractivity contribution in [1.29, 1.82) is 0 Å². The fraction of sp³-hybridized carbons (Fsp3) is 0.364. The summed E-state index contributed by atoms with van der Waals surface area (Å²) >= 11 is 0. The van der Waals surface area contributed by atoms with Gasteiger partial charge in [-0.2, -0.15) is 18.3 Å². The van der Waals surface area contributed by atoms with Crippen LogP contribution in [-0.4, -0.2) is 28.0 Å². The highest BCUT2D eigenvalue weighted by atomic mass is 19.4. The fourth-order valence-electron chi connectivity index (χ4n) is 1.54. The molecule has 0 fully saturated rings. The maximum absolute atomic E-state index is 12.5. The first-order valence-corrected chi connectivity index (χ1v) is 5.84. The SMILES string of the molecule is CO/C(N)=C(/C=C(\N)C(F)(F)F)C(C)n1cc([N+](=O)[O-])cn1. The summed E-state index contributed by atoms with van der Waals surface area (Å²) in [6.45, 7) is 1.44. The summed E-state index contributed by atoms with van der Waals surface area (Å²) < 4.78 is 43.5. The van der Waals surface area contributed by atoms with E-state index in [-0.39, 0.29) is 17.1 Å². The van der Waals surface area contributed by atoms with Crippen molar-refractivity contribution in [3.63, 3.8) is 0 Å². The Morgan fingerprint density at radius 1 is 1.55 bits per heavy atom. The van der Waals surface area contributed by atoms with Gasteiger partial charge in [0.15, 0.2) is 5.88 Å². The van der Waals surface area contributed by atoms with Crippen LogP contribution >= 0.6 is 0 Å². The maximum atomic E-state index is 12.5. The molecule has 1 aromatic rings. The predicted octanol–water partition coefficient (Wildman–Crippen LogP) is 1.57. The lowest BCUT2D eigenvalue weighted by atomic mass is 10.1. The van der Waals surface area contributed by atoms with Crippen LogP contribution in [0.3, 0.4) is 0 Å². The molecule has 1 atom stereocenters. The lowest BCUT2D eigenvalue weighted by molar-refractivity contribution is -0.385. The third-order valence-electron chi connectivity index (χ3n) is 2.79. The molecule has 4 N–H and O–H groups in total. The molecule has 1 aromatic heterocycles. The summed E-state index contributed by atoms with van der Waals surface area (Å²) in [5, 5.41) is 14.3. The minimum absolute atomic E-state index is 0.115. The second-order valence-corrected chi connectivity index (χ2v) is 4.23. The van der Waals surface area contributed by atoms with Crippen molar-refractivity contribution in [2.75, 3.05) is 7.11 Å². The summed E-state index contributed by atoms with van der Waals surface area (Å²) in [4.78, 5) is 9.93. The van der Waals surface area contributed by atoms with Crippen molar-refractivity contribution in [2.45, 2.75) is 19.1 Å². The monoisotopic (exact) mass is 321 g/mol. The third kappa shape index (κ3) is 3.90. The van der Waals surface area contributed by atoms with Crippen LogP contribution in [0.2, 0.25) is 0 Å². The number of nitrogens with zero attached hydrogens (tertiary/aromatic N) is 3. The van der Waals surface area contributed by atoms with Gasteiger partial charge in [-0.1, -0.05) is 0 Å². The van der Waals surface area contributed by atoms with Gasteiger partial charge in [-0.25, -0.2) is 0 Å². The number of methoxy groups -OCH3 is 1. The Kier molecular flexibility index (Phi) is 5.02. The number of hydrogen-bond acceptors (Lipinski definition) is 6. The third-order valence-corrected chi connectivity index (χ3v) is 2.79. The predicted molar refractivity (Wildman–Crippen MR) is 70.1 cm³/mol. The van der Waals surface area contributed by atoms with Gasteiger partial charge < -0.3 is 16.2 Å². The number of rotatable bonds is 5. The zero-order valence-electron chi connectivity index (χ0n) is 11.7. The number of alkyl halides is 3. The van der Waals surface area contributed by atoms with Gasteiger partial charge in [0, 0.05) is 5.57 Å². The zero-order chi connectivity index (χ0) is 17.1. The van der Waals surface area contributed by atoms with Crippen LogP contribution in [0.15, 0.2) is 35.6 Å². The number of allylic oxidation sites excluding steroid dienone is 3. The van der Waals surface area contributed by atoms with Crippen LogP contribution in [0.25, 0.3) is 0 Å². The molecule has 0 spiro atoms. The van der Waals surface area contributed by atoms with Gasteiger partial charge >= 0.3 is 11.9 Å². The number of ether oxygens (including phenoxy) is 1. The molecular formula is C11H14F3N5O3. The fourth-order valence-corrected chi connectivity index (χ4v) is 1.54. The Morgan fingerprint density at radius 2 is 2.14 bits per heavy atom. The van der Waals surface area contributed by atoms with E-state index in [0.29, 0.717) is 6.08 Å². The molecule has 122 valence electrons. The number of aromatic nitrogens is 2. The normalized spacial score (nSPS) is 15.2. The molecule has 11 heteroatoms. The minimum Gasteiger partial charge on any atom is -0.482 e. The van der Waals surface area contributed by atoms with Gasteiger partial charge in [0.25, 0.3) is 0 Å². The van der Waals surface area contributed by atoms with E-state index in [1.165, 1.54) is 14.0 Å². The topological polar surface area (TPSA) is 122 Å². The Labute approximate surface area is 123 Å². The second kappa shape index (κ2) is 6.37. The van der Waals surface area contributed by atoms with Crippen molar-refractivity contribution >= 4 is 5.69 Å². The highest BCUT2D eigenvalue weighted by Gasteiger charge is 2.32. The lowest BCUT2D eigenvalue weighted by Crippen LogP contribution is -2.22. The van der Waals surface area contributed by atoms with Crippen LogP contribution in [0.5, 0.6) is 0 Å². The minimum atomic E-state index is -4.74. The van der Waals surface area contributed by atoms with Crippen LogP contribution in [0.4, 0.5) is 18.9 Å².